The molecule has 3 N–H and O–H groups in total. The molecule has 1 atom stereocenters. The topological polar surface area (TPSA) is 115 Å². The van der Waals surface area contributed by atoms with Crippen LogP contribution in [0.2, 0.25) is 0 Å². The number of carbonyl (C=O) groups is 1. The van der Waals surface area contributed by atoms with Gasteiger partial charge >= 0.3 is 0 Å². The highest BCUT2D eigenvalue weighted by Crippen LogP contribution is 2.33. The first-order valence-electron chi connectivity index (χ1n) is 9.16. The standard InChI is InChI=1S/C19H20F3N5O3S/c1-4-10-5-14(21)16(24-8-10)17(28)25-11-6-12(15(22)13(20)7-11)19(2)9-31(29,30)27(3)18(23)26-19/h5-8H,4,9H2,1-3H3,(H2,23,26)(H,25,28)/t19-/m0/s1. The molecule has 166 valence electrons. The first kappa shape index (κ1) is 22.5. The summed E-state index contributed by atoms with van der Waals surface area (Å²) in [6.07, 6.45) is 1.84. The van der Waals surface area contributed by atoms with E-state index in [0.29, 0.717) is 22.4 Å². The van der Waals surface area contributed by atoms with E-state index in [1.54, 1.807) is 6.92 Å². The monoisotopic (exact) mass is 455 g/mol. The van der Waals surface area contributed by atoms with Gasteiger partial charge in [0, 0.05) is 30.6 Å². The van der Waals surface area contributed by atoms with Gasteiger partial charge in [-0.05, 0) is 31.0 Å². The molecule has 1 aromatic heterocycles. The van der Waals surface area contributed by atoms with Gasteiger partial charge in [-0.3, -0.25) is 10.2 Å². The Labute approximate surface area is 177 Å². The molecule has 1 aliphatic rings. The van der Waals surface area contributed by atoms with Crippen molar-refractivity contribution in [2.75, 3.05) is 18.1 Å². The first-order chi connectivity index (χ1) is 14.4. The van der Waals surface area contributed by atoms with Gasteiger partial charge in [-0.25, -0.2) is 30.9 Å². The van der Waals surface area contributed by atoms with Gasteiger partial charge in [0.15, 0.2) is 23.1 Å². The number of amides is 1. The molecule has 2 aromatic rings. The van der Waals surface area contributed by atoms with Crippen LogP contribution in [0.1, 0.15) is 35.5 Å². The third-order valence-corrected chi connectivity index (χ3v) is 6.96. The maximum absolute atomic E-state index is 14.6. The van der Waals surface area contributed by atoms with Crippen molar-refractivity contribution in [3.63, 3.8) is 0 Å². The number of rotatable bonds is 4. The lowest BCUT2D eigenvalue weighted by molar-refractivity contribution is 0.101. The third kappa shape index (κ3) is 4.20. The quantitative estimate of drug-likeness (QED) is 0.655. The van der Waals surface area contributed by atoms with E-state index in [1.165, 1.54) is 13.1 Å². The summed E-state index contributed by atoms with van der Waals surface area (Å²) in [5, 5.41) is 12.6. The van der Waals surface area contributed by atoms with E-state index in [1.807, 2.05) is 0 Å². The van der Waals surface area contributed by atoms with Crippen LogP contribution in [0.3, 0.4) is 0 Å². The van der Waals surface area contributed by atoms with Crippen molar-refractivity contribution < 1.29 is 26.4 Å². The van der Waals surface area contributed by atoms with Crippen LogP contribution in [0.5, 0.6) is 0 Å². The van der Waals surface area contributed by atoms with Crippen LogP contribution in [0.25, 0.3) is 0 Å². The van der Waals surface area contributed by atoms with Gasteiger partial charge in [0.25, 0.3) is 5.91 Å². The molecule has 0 saturated carbocycles. The summed E-state index contributed by atoms with van der Waals surface area (Å²) in [6.45, 7) is 3.08. The second kappa shape index (κ2) is 7.84. The minimum absolute atomic E-state index is 0.231. The number of sulfonamides is 1. The Hall–Kier alpha value is -3.15. The Morgan fingerprint density at radius 2 is 1.97 bits per heavy atom. The SMILES string of the molecule is CCc1cnc(C(=O)Nc2cc(F)c(F)c([C@]3(C)CS(=O)(=O)N(C)C(=N)N3)c2)c(F)c1. The zero-order valence-corrected chi connectivity index (χ0v) is 17.7. The predicted molar refractivity (Wildman–Crippen MR) is 108 cm³/mol. The molecule has 0 radical (unpaired) electrons. The van der Waals surface area contributed by atoms with Crippen LogP contribution in [0.4, 0.5) is 18.9 Å². The van der Waals surface area contributed by atoms with Crippen molar-refractivity contribution in [2.45, 2.75) is 25.8 Å². The Balaban J connectivity index is 1.98. The molecular formula is C19H20F3N5O3S. The van der Waals surface area contributed by atoms with Crippen molar-refractivity contribution in [1.29, 1.82) is 5.41 Å². The molecular weight excluding hydrogens is 435 g/mol. The predicted octanol–water partition coefficient (Wildman–Crippen LogP) is 2.33. The van der Waals surface area contributed by atoms with Gasteiger partial charge in [0.2, 0.25) is 16.0 Å². The average Bonchev–Trinajstić information content (AvgIpc) is 2.68. The van der Waals surface area contributed by atoms with Gasteiger partial charge < -0.3 is 10.6 Å². The zero-order chi connectivity index (χ0) is 23.1. The lowest BCUT2D eigenvalue weighted by atomic mass is 9.92. The molecule has 0 bridgehead atoms. The minimum Gasteiger partial charge on any atom is -0.345 e. The average molecular weight is 455 g/mol. The number of hydrogen-bond donors (Lipinski definition) is 3. The fraction of sp³-hybridized carbons (Fsp3) is 0.316. The lowest BCUT2D eigenvalue weighted by Crippen LogP contribution is -2.61. The summed E-state index contributed by atoms with van der Waals surface area (Å²) in [4.78, 5) is 16.2. The minimum atomic E-state index is -3.98. The summed E-state index contributed by atoms with van der Waals surface area (Å²) >= 11 is 0. The first-order valence-corrected chi connectivity index (χ1v) is 10.8. The van der Waals surface area contributed by atoms with Crippen molar-refractivity contribution in [1.82, 2.24) is 14.6 Å². The largest absolute Gasteiger partial charge is 0.345 e. The highest BCUT2D eigenvalue weighted by Gasteiger charge is 2.44. The lowest BCUT2D eigenvalue weighted by Gasteiger charge is -2.40. The third-order valence-electron chi connectivity index (χ3n) is 5.00. The maximum Gasteiger partial charge on any atom is 0.277 e. The van der Waals surface area contributed by atoms with E-state index >= 15 is 0 Å². The summed E-state index contributed by atoms with van der Waals surface area (Å²) in [5.74, 6) is -5.74. The molecule has 1 amide bonds. The second-order valence-corrected chi connectivity index (χ2v) is 9.33. The van der Waals surface area contributed by atoms with E-state index in [9.17, 15) is 26.4 Å². The zero-order valence-electron chi connectivity index (χ0n) is 16.9. The number of halogens is 3. The molecule has 31 heavy (non-hydrogen) atoms. The molecule has 2 heterocycles. The van der Waals surface area contributed by atoms with Crippen molar-refractivity contribution in [3.8, 4) is 0 Å². The summed E-state index contributed by atoms with van der Waals surface area (Å²) in [6, 6.07) is 2.88. The molecule has 12 heteroatoms. The molecule has 1 aromatic carbocycles. The molecule has 1 fully saturated rings. The fourth-order valence-corrected chi connectivity index (χ4v) is 4.69. The van der Waals surface area contributed by atoms with Gasteiger partial charge in [0.05, 0.1) is 11.3 Å². The molecule has 0 unspecified atom stereocenters. The van der Waals surface area contributed by atoms with Gasteiger partial charge in [-0.15, -0.1) is 0 Å². The van der Waals surface area contributed by atoms with Crippen LogP contribution in [-0.4, -0.2) is 42.4 Å². The number of guanidine groups is 1. The van der Waals surface area contributed by atoms with Gasteiger partial charge in [-0.2, -0.15) is 0 Å². The van der Waals surface area contributed by atoms with Crippen LogP contribution in [0, 0.1) is 22.9 Å². The number of aromatic nitrogens is 1. The number of aryl methyl sites for hydroxylation is 1. The summed E-state index contributed by atoms with van der Waals surface area (Å²) < 4.78 is 68.4. The number of hydrogen-bond acceptors (Lipinski definition) is 5. The van der Waals surface area contributed by atoms with Crippen molar-refractivity contribution in [3.05, 3.63) is 58.7 Å². The number of carbonyl (C=O) groups excluding carboxylic acids is 1. The van der Waals surface area contributed by atoms with E-state index < -0.39 is 61.9 Å². The van der Waals surface area contributed by atoms with Crippen molar-refractivity contribution in [2.24, 2.45) is 0 Å². The highest BCUT2D eigenvalue weighted by atomic mass is 32.2. The van der Waals surface area contributed by atoms with Crippen LogP contribution in [0.15, 0.2) is 24.4 Å². The fourth-order valence-electron chi connectivity index (χ4n) is 3.21. The Morgan fingerprint density at radius 1 is 1.29 bits per heavy atom. The Kier molecular flexibility index (Phi) is 5.70. The van der Waals surface area contributed by atoms with E-state index in [2.05, 4.69) is 15.6 Å². The van der Waals surface area contributed by atoms with Crippen LogP contribution < -0.4 is 10.6 Å². The molecule has 0 spiro atoms. The normalized spacial score (nSPS) is 20.3. The Morgan fingerprint density at radius 3 is 2.55 bits per heavy atom. The number of anilines is 1. The molecule has 1 saturated heterocycles. The van der Waals surface area contributed by atoms with E-state index in [4.69, 9.17) is 5.41 Å². The van der Waals surface area contributed by atoms with Crippen molar-refractivity contribution >= 4 is 27.6 Å². The van der Waals surface area contributed by atoms with E-state index in [-0.39, 0.29) is 5.69 Å². The van der Waals surface area contributed by atoms with Crippen LogP contribution >= 0.6 is 0 Å². The summed E-state index contributed by atoms with van der Waals surface area (Å²) in [5.41, 5.74) is -2.30. The molecule has 3 rings (SSSR count). The number of nitrogens with one attached hydrogen (secondary N) is 3. The van der Waals surface area contributed by atoms with Gasteiger partial charge in [0.1, 0.15) is 0 Å². The maximum atomic E-state index is 14.6. The molecule has 0 aliphatic carbocycles. The number of nitrogens with zero attached hydrogens (tertiary/aromatic N) is 2. The summed E-state index contributed by atoms with van der Waals surface area (Å²) in [7, 11) is -2.82. The van der Waals surface area contributed by atoms with Crippen LogP contribution in [-0.2, 0) is 22.0 Å². The second-order valence-electron chi connectivity index (χ2n) is 7.33. The smallest absolute Gasteiger partial charge is 0.277 e. The highest BCUT2D eigenvalue weighted by molar-refractivity contribution is 7.89. The number of pyridine rings is 1. The Bertz CT molecular complexity index is 1190. The molecule has 8 nitrogen and oxygen atoms in total. The number of benzene rings is 1. The van der Waals surface area contributed by atoms with E-state index in [0.717, 1.165) is 19.2 Å². The molecule has 1 aliphatic heterocycles. The van der Waals surface area contributed by atoms with Gasteiger partial charge in [-0.1, -0.05) is 6.92 Å².